The van der Waals surface area contributed by atoms with Crippen LogP contribution in [-0.4, -0.2) is 9.13 Å². The molecule has 12 aromatic carbocycles. The minimum atomic E-state index is -0.0341. The highest BCUT2D eigenvalue weighted by Crippen LogP contribution is 2.49. The van der Waals surface area contributed by atoms with E-state index in [0.717, 1.165) is 99.8 Å². The summed E-state index contributed by atoms with van der Waals surface area (Å²) in [5, 5.41) is 11.2. The Morgan fingerprint density at radius 1 is 0.261 bits per heavy atom. The molecule has 0 saturated heterocycles. The summed E-state index contributed by atoms with van der Waals surface area (Å²) in [5.41, 5.74) is 21.8. The van der Waals surface area contributed by atoms with E-state index in [9.17, 15) is 0 Å². The van der Waals surface area contributed by atoms with Gasteiger partial charge < -0.3 is 27.8 Å². The highest BCUT2D eigenvalue weighted by molar-refractivity contribution is 6.20. The highest BCUT2D eigenvalue weighted by atomic mass is 16.3. The van der Waals surface area contributed by atoms with Gasteiger partial charge in [0.15, 0.2) is 0 Å². The smallest absolute Gasteiger partial charge is 0.137 e. The van der Waals surface area contributed by atoms with Gasteiger partial charge in [0.25, 0.3) is 0 Å². The molecule has 4 aromatic heterocycles. The van der Waals surface area contributed by atoms with Gasteiger partial charge in [-0.3, -0.25) is 0 Å². The SMILES string of the molecule is CC(C)(C)c1cc(-n2c3ccccc3c3c(N(c4ccccc4)c4ccc5c(c4)oc4cc6cc7c(cc6cc45)oc4cc(N(c5ccccc5)c5cccc6c5c5ccccc5n6-c5cc(C(C)(C)C)cc(C(C)(C)C)c5)ccc47)cccc32)cc(C(C)(C)C)c1. The third kappa shape index (κ3) is 9.36. The van der Waals surface area contributed by atoms with Crippen LogP contribution >= 0.6 is 0 Å². The van der Waals surface area contributed by atoms with Crippen LogP contribution in [0.1, 0.15) is 105 Å². The Hall–Kier alpha value is -10.3. The molecule has 16 rings (SSSR count). The third-order valence-corrected chi connectivity index (χ3v) is 19.2. The molecule has 6 nitrogen and oxygen atoms in total. The lowest BCUT2D eigenvalue weighted by molar-refractivity contribution is 0.567. The Labute approximate surface area is 538 Å². The van der Waals surface area contributed by atoms with Gasteiger partial charge in [0.05, 0.1) is 33.4 Å². The molecule has 0 amide bonds. The number of anilines is 6. The second-order valence-corrected chi connectivity index (χ2v) is 29.5. The summed E-state index contributed by atoms with van der Waals surface area (Å²) in [5.74, 6) is 0. The Morgan fingerprint density at radius 2 is 0.598 bits per heavy atom. The number of hydrogen-bond acceptors (Lipinski definition) is 4. The molecule has 0 atom stereocenters. The minimum Gasteiger partial charge on any atom is -0.456 e. The van der Waals surface area contributed by atoms with Crippen molar-refractivity contribution in [3.8, 4) is 11.4 Å². The molecule has 452 valence electrons. The lowest BCUT2D eigenvalue weighted by Crippen LogP contribution is -2.17. The van der Waals surface area contributed by atoms with Gasteiger partial charge in [0.1, 0.15) is 22.3 Å². The summed E-state index contributed by atoms with van der Waals surface area (Å²) in [6, 6.07) is 89.5. The van der Waals surface area contributed by atoms with Gasteiger partial charge >= 0.3 is 0 Å². The van der Waals surface area contributed by atoms with Gasteiger partial charge in [-0.05, 0) is 188 Å². The van der Waals surface area contributed by atoms with Crippen molar-refractivity contribution in [2.24, 2.45) is 0 Å². The first-order valence-corrected chi connectivity index (χ1v) is 32.5. The molecule has 0 fully saturated rings. The number of fused-ring (bicyclic) bond motifs is 13. The van der Waals surface area contributed by atoms with Crippen molar-refractivity contribution in [3.63, 3.8) is 0 Å². The minimum absolute atomic E-state index is 0.0341. The first kappa shape index (κ1) is 56.9. The zero-order valence-corrected chi connectivity index (χ0v) is 54.7. The summed E-state index contributed by atoms with van der Waals surface area (Å²) in [6.07, 6.45) is 0. The molecular weight excluding hydrogens is 1120 g/mol. The van der Waals surface area contributed by atoms with Crippen molar-refractivity contribution in [2.75, 3.05) is 9.80 Å². The van der Waals surface area contributed by atoms with E-state index in [1.807, 2.05) is 0 Å². The number of aromatic nitrogens is 2. The number of furan rings is 2. The second-order valence-electron chi connectivity index (χ2n) is 29.5. The molecular formula is C86H76N4O2. The van der Waals surface area contributed by atoms with Crippen LogP contribution < -0.4 is 9.80 Å². The maximum atomic E-state index is 6.99. The van der Waals surface area contributed by atoms with E-state index in [2.05, 4.69) is 345 Å². The van der Waals surface area contributed by atoms with E-state index in [1.54, 1.807) is 0 Å². The van der Waals surface area contributed by atoms with Crippen LogP contribution in [0.2, 0.25) is 0 Å². The molecule has 0 aliphatic carbocycles. The van der Waals surface area contributed by atoms with Gasteiger partial charge in [0, 0.05) is 89.3 Å². The van der Waals surface area contributed by atoms with Crippen LogP contribution in [0.4, 0.5) is 34.1 Å². The summed E-state index contributed by atoms with van der Waals surface area (Å²) in [7, 11) is 0. The van der Waals surface area contributed by atoms with Crippen LogP contribution in [0, 0.1) is 0 Å². The Kier molecular flexibility index (Phi) is 12.7. The molecule has 0 N–H and O–H groups in total. The maximum Gasteiger partial charge on any atom is 0.137 e. The van der Waals surface area contributed by atoms with Gasteiger partial charge in [-0.15, -0.1) is 0 Å². The fourth-order valence-electron chi connectivity index (χ4n) is 14.2. The summed E-state index contributed by atoms with van der Waals surface area (Å²) in [6.45, 7) is 27.8. The molecule has 4 heterocycles. The topological polar surface area (TPSA) is 42.6 Å². The summed E-state index contributed by atoms with van der Waals surface area (Å²) in [4.78, 5) is 4.79. The average Bonchev–Trinajstić information content (AvgIpc) is 1.57. The van der Waals surface area contributed by atoms with Crippen molar-refractivity contribution in [1.29, 1.82) is 0 Å². The number of hydrogen-bond donors (Lipinski definition) is 0. The quantitative estimate of drug-likeness (QED) is 0.152. The van der Waals surface area contributed by atoms with Crippen molar-refractivity contribution in [2.45, 2.75) is 105 Å². The van der Waals surface area contributed by atoms with Crippen LogP contribution in [0.15, 0.2) is 251 Å². The number of nitrogens with zero attached hydrogens (tertiary/aromatic N) is 4. The predicted molar refractivity (Wildman–Crippen MR) is 391 cm³/mol. The third-order valence-electron chi connectivity index (χ3n) is 19.2. The van der Waals surface area contributed by atoms with Crippen LogP contribution in [0.5, 0.6) is 0 Å². The Bertz CT molecular complexity index is 5210. The summed E-state index contributed by atoms with van der Waals surface area (Å²) < 4.78 is 18.9. The predicted octanol–water partition coefficient (Wildman–Crippen LogP) is 25.0. The fraction of sp³-hybridized carbons (Fsp3) is 0.186. The zero-order chi connectivity index (χ0) is 63.3. The number of rotatable bonds is 8. The molecule has 0 aliphatic heterocycles. The van der Waals surface area contributed by atoms with Gasteiger partial charge in [-0.1, -0.05) is 180 Å². The van der Waals surface area contributed by atoms with E-state index in [-0.39, 0.29) is 21.7 Å². The first-order valence-electron chi connectivity index (χ1n) is 32.5. The van der Waals surface area contributed by atoms with Crippen molar-refractivity contribution < 1.29 is 8.83 Å². The van der Waals surface area contributed by atoms with Crippen LogP contribution in [0.25, 0.3) is 110 Å². The average molecular weight is 1200 g/mol. The number of para-hydroxylation sites is 4. The lowest BCUT2D eigenvalue weighted by Gasteiger charge is -2.27. The maximum absolute atomic E-state index is 6.99. The second kappa shape index (κ2) is 20.6. The molecule has 16 aromatic rings. The van der Waals surface area contributed by atoms with Crippen molar-refractivity contribution in [1.82, 2.24) is 9.13 Å². The Balaban J connectivity index is 0.803. The normalized spacial score (nSPS) is 12.8. The number of benzene rings is 12. The molecule has 0 unspecified atom stereocenters. The molecule has 0 saturated carbocycles. The van der Waals surface area contributed by atoms with Crippen molar-refractivity contribution >= 4 is 132 Å². The Morgan fingerprint density at radius 3 is 0.967 bits per heavy atom. The largest absolute Gasteiger partial charge is 0.456 e. The molecule has 92 heavy (non-hydrogen) atoms. The van der Waals surface area contributed by atoms with E-state index < -0.39 is 0 Å². The van der Waals surface area contributed by atoms with E-state index in [1.165, 1.54) is 66.2 Å². The van der Waals surface area contributed by atoms with E-state index in [0.29, 0.717) is 0 Å². The monoisotopic (exact) mass is 1200 g/mol. The van der Waals surface area contributed by atoms with Crippen molar-refractivity contribution in [3.05, 3.63) is 265 Å². The van der Waals surface area contributed by atoms with Crippen LogP contribution in [0.3, 0.4) is 0 Å². The molecule has 6 heteroatoms. The van der Waals surface area contributed by atoms with Gasteiger partial charge in [-0.2, -0.15) is 0 Å². The van der Waals surface area contributed by atoms with Gasteiger partial charge in [0.2, 0.25) is 0 Å². The highest BCUT2D eigenvalue weighted by Gasteiger charge is 2.29. The van der Waals surface area contributed by atoms with E-state index in [4.69, 9.17) is 8.83 Å². The zero-order valence-electron chi connectivity index (χ0n) is 54.7. The standard InChI is InChI=1S/C86H76N4O2/c1-83(2,3)55-45-56(84(4,5)6)48-63(47-55)89-71-31-21-19-29-67(71)81-73(33-23-35-75(81)89)87(59-25-15-13-16-26-59)61-37-39-65-69-41-53-44-78-70(42-54(53)43-77(69)91-79(65)51-61)66-40-38-62(52-80(66)92-78)88(60-27-17-14-18-28-60)74-34-24-36-76-82(74)68-30-20-22-32-72(68)90(76)64-49-57(85(7,8)9)46-58(50-64)86(10,11)12/h13-52H,1-12H3. The molecule has 0 bridgehead atoms. The molecule has 0 spiro atoms. The van der Waals surface area contributed by atoms with Gasteiger partial charge in [-0.25, -0.2) is 0 Å². The summed E-state index contributed by atoms with van der Waals surface area (Å²) >= 11 is 0. The molecule has 0 radical (unpaired) electrons. The van der Waals surface area contributed by atoms with E-state index >= 15 is 0 Å². The molecule has 0 aliphatic rings. The first-order chi connectivity index (χ1) is 44.1. The lowest BCUT2D eigenvalue weighted by atomic mass is 9.80. The van der Waals surface area contributed by atoms with Crippen LogP contribution in [-0.2, 0) is 21.7 Å². The fourth-order valence-corrected chi connectivity index (χ4v) is 14.2.